The van der Waals surface area contributed by atoms with E-state index in [0.29, 0.717) is 41.3 Å². The summed E-state index contributed by atoms with van der Waals surface area (Å²) in [7, 11) is -2.07. The van der Waals surface area contributed by atoms with E-state index < -0.39 is 32.2 Å². The predicted octanol–water partition coefficient (Wildman–Crippen LogP) is 8.99. The number of nitrogen functional groups attached to an aromatic ring is 1. The molecule has 2 aliphatic heterocycles. The molecule has 0 aliphatic carbocycles. The maximum atomic E-state index is 13.8. The van der Waals surface area contributed by atoms with E-state index in [-0.39, 0.29) is 35.5 Å². The van der Waals surface area contributed by atoms with Gasteiger partial charge in [-0.05, 0) is 94.1 Å². The van der Waals surface area contributed by atoms with Gasteiger partial charge in [-0.25, -0.2) is 23.2 Å². The van der Waals surface area contributed by atoms with Gasteiger partial charge in [0.2, 0.25) is 0 Å². The van der Waals surface area contributed by atoms with Crippen LogP contribution in [0.5, 0.6) is 5.75 Å². The molecule has 286 valence electrons. The number of hydrogen-bond acceptors (Lipinski definition) is 10. The van der Waals surface area contributed by atoms with E-state index in [9.17, 15) is 18.0 Å². The lowest BCUT2D eigenvalue weighted by Crippen LogP contribution is -2.36. The van der Waals surface area contributed by atoms with Crippen molar-refractivity contribution in [2.75, 3.05) is 24.7 Å². The van der Waals surface area contributed by atoms with Crippen molar-refractivity contribution in [1.29, 1.82) is 0 Å². The van der Waals surface area contributed by atoms with Gasteiger partial charge in [-0.15, -0.1) is 0 Å². The van der Waals surface area contributed by atoms with Crippen LogP contribution >= 0.6 is 28.5 Å². The summed E-state index contributed by atoms with van der Waals surface area (Å²) in [5.74, 6) is -0.253. The number of carbonyl (C=O) groups excluding carboxylic acids is 2. The Kier molecular flexibility index (Phi) is 16.1. The first-order chi connectivity index (χ1) is 24.5. The van der Waals surface area contributed by atoms with Crippen molar-refractivity contribution in [3.05, 3.63) is 59.9 Å². The number of anilines is 2. The van der Waals surface area contributed by atoms with E-state index in [1.807, 2.05) is 19.9 Å². The molecular weight excluding hydrogens is 816 g/mol. The second kappa shape index (κ2) is 19.3. The Bertz CT molecular complexity index is 1770. The van der Waals surface area contributed by atoms with E-state index >= 15 is 0 Å². The average Bonchev–Trinajstić information content (AvgIpc) is 3.08. The largest absolute Gasteiger partial charge is 0.491 e. The SMILES string of the molecule is CC.CN(Cc1cccc2c1OCCCCCCC(OPI)CC(C)(C)S(=O)(=O)c1ccc(cc1)-c1cnc(N)c(n1)C(=O)N2)C(=O)OC(C)(C)C. The van der Waals surface area contributed by atoms with Crippen LogP contribution in [0.15, 0.2) is 53.6 Å². The van der Waals surface area contributed by atoms with Crippen molar-refractivity contribution < 1.29 is 32.0 Å². The number of sulfone groups is 1. The summed E-state index contributed by atoms with van der Waals surface area (Å²) in [6, 6.07) is 11.7. The summed E-state index contributed by atoms with van der Waals surface area (Å²) >= 11 is 2.18. The highest BCUT2D eigenvalue weighted by Gasteiger charge is 2.38. The van der Waals surface area contributed by atoms with Crippen LogP contribution in [0.2, 0.25) is 0 Å². The lowest BCUT2D eigenvalue weighted by molar-refractivity contribution is 0.0284. The van der Waals surface area contributed by atoms with E-state index in [0.717, 1.165) is 32.1 Å². The third-order valence-corrected chi connectivity index (χ3v) is 12.0. The molecule has 2 aliphatic rings. The van der Waals surface area contributed by atoms with Crippen molar-refractivity contribution in [3.8, 4) is 17.0 Å². The molecule has 4 bridgehead atoms. The third-order valence-electron chi connectivity index (χ3n) is 8.26. The number of nitrogens with one attached hydrogen (secondary N) is 1. The number of amides is 2. The number of aromatic nitrogens is 2. The first-order valence-corrected chi connectivity index (χ1v) is 23.0. The van der Waals surface area contributed by atoms with Gasteiger partial charge in [-0.2, -0.15) is 0 Å². The highest BCUT2D eigenvalue weighted by atomic mass is 127. The maximum absolute atomic E-state index is 13.8. The highest BCUT2D eigenvalue weighted by Crippen LogP contribution is 2.37. The topological polar surface area (TPSA) is 163 Å². The number of benzene rings is 2. The van der Waals surface area contributed by atoms with E-state index in [4.69, 9.17) is 19.7 Å². The Balaban J connectivity index is 0.00000358. The minimum Gasteiger partial charge on any atom is -0.491 e. The Morgan fingerprint density at radius 2 is 1.79 bits per heavy atom. The van der Waals surface area contributed by atoms with Crippen LogP contribution in [-0.2, 0) is 25.6 Å². The Morgan fingerprint density at radius 3 is 2.44 bits per heavy atom. The van der Waals surface area contributed by atoms with Crippen molar-refractivity contribution in [2.45, 2.75) is 115 Å². The molecule has 2 amide bonds. The quantitative estimate of drug-likeness (QED) is 0.191. The number of nitrogens with two attached hydrogens (primary N) is 1. The van der Waals surface area contributed by atoms with Gasteiger partial charge in [-0.1, -0.05) is 57.4 Å². The lowest BCUT2D eigenvalue weighted by Gasteiger charge is -2.29. The monoisotopic (exact) mass is 869 g/mol. The zero-order chi connectivity index (χ0) is 38.7. The van der Waals surface area contributed by atoms with Gasteiger partial charge < -0.3 is 29.9 Å². The predicted molar refractivity (Wildman–Crippen MR) is 217 cm³/mol. The first kappa shape index (κ1) is 43.3. The summed E-state index contributed by atoms with van der Waals surface area (Å²) in [6.07, 6.45) is 5.22. The highest BCUT2D eigenvalue weighted by molar-refractivity contribution is 14.2. The van der Waals surface area contributed by atoms with Gasteiger partial charge in [0.1, 0.15) is 11.4 Å². The molecule has 0 saturated carbocycles. The van der Waals surface area contributed by atoms with Crippen LogP contribution in [-0.4, -0.2) is 65.4 Å². The van der Waals surface area contributed by atoms with E-state index in [2.05, 4.69) is 37.3 Å². The molecule has 0 spiro atoms. The summed E-state index contributed by atoms with van der Waals surface area (Å²) < 4.78 is 44.4. The Morgan fingerprint density at radius 1 is 1.12 bits per heavy atom. The molecule has 0 fully saturated rings. The molecule has 3 N–H and O–H groups in total. The molecule has 2 aromatic carbocycles. The minimum atomic E-state index is -3.72. The standard InChI is InChI=1S/C35H47IN5O7PS.C2H6/c1-34(2,3)47-33(43)41(6)22-24-12-11-14-27-30(24)46-19-10-8-7-9-13-25(48-49-36)20-35(4,5)50(44,45)26-17-15-23(16-18-26)28-21-38-31(37)29(39-28)32(42)40-27;1-2/h11-12,14-18,21,25,49H,7-10,13,19-20,22H2,1-6H3,(H2,37,38)(H,40,42);1-2H3. The molecule has 3 heterocycles. The fraction of sp³-hybridized carbons (Fsp3) is 0.514. The molecule has 12 nitrogen and oxygen atoms in total. The fourth-order valence-corrected chi connectivity index (χ4v) is 8.52. The smallest absolute Gasteiger partial charge is 0.410 e. The van der Waals surface area contributed by atoms with Gasteiger partial charge in [0.15, 0.2) is 21.3 Å². The normalized spacial score (nSPS) is 18.0. The third kappa shape index (κ3) is 11.7. The summed E-state index contributed by atoms with van der Waals surface area (Å²) in [6.45, 7) is 13.7. The summed E-state index contributed by atoms with van der Waals surface area (Å²) in [5.41, 5.74) is 7.34. The molecule has 0 saturated heterocycles. The number of carbonyl (C=O) groups is 2. The number of para-hydroxylation sites is 1. The van der Waals surface area contributed by atoms with Crippen LogP contribution in [0.3, 0.4) is 0 Å². The van der Waals surface area contributed by atoms with Crippen LogP contribution in [0.1, 0.15) is 103 Å². The Hall–Kier alpha value is -3.07. The molecule has 15 heteroatoms. The van der Waals surface area contributed by atoms with Crippen molar-refractivity contribution in [3.63, 3.8) is 0 Å². The zero-order valence-electron chi connectivity index (χ0n) is 31.4. The van der Waals surface area contributed by atoms with Crippen LogP contribution in [0, 0.1) is 0 Å². The van der Waals surface area contributed by atoms with E-state index in [1.54, 1.807) is 78.1 Å². The number of fused-ring (bicyclic) bond motifs is 13. The molecule has 0 radical (unpaired) electrons. The Labute approximate surface area is 323 Å². The summed E-state index contributed by atoms with van der Waals surface area (Å²) in [5, 5.41) is 2.88. The van der Waals surface area contributed by atoms with Crippen molar-refractivity contribution in [1.82, 2.24) is 14.9 Å². The second-order valence-corrected chi connectivity index (χ2v) is 18.2. The lowest BCUT2D eigenvalue weighted by atomic mass is 10.00. The molecular formula is C37H53IN5O7PS. The zero-order valence-corrected chi connectivity index (χ0v) is 35.4. The molecule has 3 aromatic rings. The van der Waals surface area contributed by atoms with Gasteiger partial charge in [0.25, 0.3) is 5.91 Å². The molecule has 2 atom stereocenters. The maximum Gasteiger partial charge on any atom is 0.410 e. The second-order valence-electron chi connectivity index (χ2n) is 13.9. The van der Waals surface area contributed by atoms with Gasteiger partial charge in [0.05, 0.1) is 52.9 Å². The van der Waals surface area contributed by atoms with Gasteiger partial charge in [0, 0.05) is 18.2 Å². The van der Waals surface area contributed by atoms with E-state index in [1.165, 1.54) is 11.1 Å². The minimum absolute atomic E-state index is 0.0752. The molecule has 2 unspecified atom stereocenters. The van der Waals surface area contributed by atoms with Gasteiger partial charge in [-0.3, -0.25) is 4.79 Å². The molecule has 1 aromatic heterocycles. The van der Waals surface area contributed by atoms with Crippen LogP contribution < -0.4 is 15.8 Å². The van der Waals surface area contributed by atoms with Crippen LogP contribution in [0.4, 0.5) is 16.3 Å². The number of rotatable bonds is 4. The van der Waals surface area contributed by atoms with Crippen LogP contribution in [0.25, 0.3) is 11.3 Å². The summed E-state index contributed by atoms with van der Waals surface area (Å²) in [4.78, 5) is 36.8. The molecule has 52 heavy (non-hydrogen) atoms. The van der Waals surface area contributed by atoms with Crippen molar-refractivity contribution in [2.24, 2.45) is 0 Å². The number of ether oxygens (including phenoxy) is 2. The molecule has 5 rings (SSSR count). The number of nitrogens with zero attached hydrogens (tertiary/aromatic N) is 3. The average molecular weight is 870 g/mol. The number of hydrogen-bond donors (Lipinski definition) is 2. The first-order valence-electron chi connectivity index (χ1n) is 17.5. The number of halogens is 1. The van der Waals surface area contributed by atoms with Crippen molar-refractivity contribution >= 4 is 61.8 Å². The fourth-order valence-electron chi connectivity index (χ4n) is 5.57. The van der Waals surface area contributed by atoms with Gasteiger partial charge >= 0.3 is 6.09 Å².